The van der Waals surface area contributed by atoms with E-state index in [-0.39, 0.29) is 16.6 Å². The summed E-state index contributed by atoms with van der Waals surface area (Å²) in [5.74, 6) is 0.582. The Labute approximate surface area is 181 Å². The Hall–Kier alpha value is -1.73. The third-order valence-corrected chi connectivity index (χ3v) is 10.2. The number of ether oxygens (including phenoxy) is 1. The van der Waals surface area contributed by atoms with Crippen molar-refractivity contribution in [1.82, 2.24) is 0 Å². The van der Waals surface area contributed by atoms with Gasteiger partial charge in [0.25, 0.3) is 0 Å². The number of aliphatic hydroxyl groups excluding tert-OH is 1. The number of hydrogen-bond donors (Lipinski definition) is 1. The maximum absolute atomic E-state index is 11.7. The van der Waals surface area contributed by atoms with Crippen LogP contribution in [0.5, 0.6) is 0 Å². The molecule has 0 fully saturated rings. The van der Waals surface area contributed by atoms with Gasteiger partial charge in [-0.05, 0) is 36.5 Å². The van der Waals surface area contributed by atoms with Gasteiger partial charge in [0.1, 0.15) is 5.76 Å². The first-order valence-electron chi connectivity index (χ1n) is 10.6. The number of rotatable bonds is 11. The summed E-state index contributed by atoms with van der Waals surface area (Å²) in [6.07, 6.45) is 2.11. The second kappa shape index (κ2) is 11.0. The second-order valence-electron chi connectivity index (χ2n) is 9.35. The van der Waals surface area contributed by atoms with Gasteiger partial charge in [0.15, 0.2) is 13.7 Å². The Morgan fingerprint density at radius 3 is 2.47 bits per heavy atom. The molecule has 1 heterocycles. The maximum atomic E-state index is 11.7. The molecular weight excluding hydrogens is 396 g/mol. The summed E-state index contributed by atoms with van der Waals surface area (Å²) >= 11 is 0. The molecule has 1 unspecified atom stereocenters. The van der Waals surface area contributed by atoms with E-state index < -0.39 is 14.4 Å². The monoisotopic (exact) mass is 432 g/mol. The van der Waals surface area contributed by atoms with E-state index in [2.05, 4.69) is 33.9 Å². The molecule has 166 valence electrons. The molecule has 1 aromatic carbocycles. The lowest BCUT2D eigenvalue weighted by molar-refractivity contribution is 0.0433. The second-order valence-corrected chi connectivity index (χ2v) is 14.1. The van der Waals surface area contributed by atoms with Gasteiger partial charge in [-0.2, -0.15) is 0 Å². The molecule has 2 aromatic rings. The molecule has 0 aliphatic carbocycles. The molecule has 0 saturated heterocycles. The molecule has 30 heavy (non-hydrogen) atoms. The topological polar surface area (TPSA) is 68.9 Å². The van der Waals surface area contributed by atoms with Gasteiger partial charge in [0.2, 0.25) is 0 Å². The van der Waals surface area contributed by atoms with Crippen molar-refractivity contribution in [2.24, 2.45) is 0 Å². The molecule has 0 spiro atoms. The van der Waals surface area contributed by atoms with Crippen molar-refractivity contribution >= 4 is 8.32 Å². The Kier molecular flexibility index (Phi) is 9.03. The molecule has 2 rings (SSSR count). The van der Waals surface area contributed by atoms with Gasteiger partial charge in [0.05, 0.1) is 25.1 Å². The first-order chi connectivity index (χ1) is 14.1. The van der Waals surface area contributed by atoms with Crippen molar-refractivity contribution < 1.29 is 18.7 Å². The van der Waals surface area contributed by atoms with Crippen molar-refractivity contribution in [3.05, 3.63) is 70.3 Å². The van der Waals surface area contributed by atoms with Gasteiger partial charge >= 0.3 is 0 Å². The minimum atomic E-state index is -2.05. The highest BCUT2D eigenvalue weighted by molar-refractivity contribution is 6.74. The minimum Gasteiger partial charge on any atom is -0.469 e. The fourth-order valence-corrected chi connectivity index (χ4v) is 4.30. The quantitative estimate of drug-likeness (QED) is 0.403. The third-order valence-electron chi connectivity index (χ3n) is 5.69. The summed E-state index contributed by atoms with van der Waals surface area (Å²) in [5, 5.41) is 10.7. The lowest BCUT2D eigenvalue weighted by Crippen LogP contribution is -2.45. The van der Waals surface area contributed by atoms with Gasteiger partial charge in [0, 0.05) is 25.2 Å². The summed E-state index contributed by atoms with van der Waals surface area (Å²) < 4.78 is 17.8. The van der Waals surface area contributed by atoms with Crippen LogP contribution in [0.1, 0.15) is 44.9 Å². The fourth-order valence-electron chi connectivity index (χ4n) is 2.93. The average molecular weight is 433 g/mol. The zero-order valence-electron chi connectivity index (χ0n) is 18.9. The van der Waals surface area contributed by atoms with Crippen LogP contribution in [0, 0.1) is 0 Å². The summed E-state index contributed by atoms with van der Waals surface area (Å²) in [7, 11) is -2.05. The molecule has 6 heteroatoms. The van der Waals surface area contributed by atoms with E-state index in [4.69, 9.17) is 13.6 Å². The number of benzene rings is 1. The molecule has 2 atom stereocenters. The minimum absolute atomic E-state index is 0.0481. The smallest absolute Gasteiger partial charge is 0.192 e. The molecule has 0 saturated carbocycles. The molecular formula is C24H36O5Si. The highest BCUT2D eigenvalue weighted by atomic mass is 28.4. The van der Waals surface area contributed by atoms with Crippen LogP contribution < -0.4 is 5.43 Å². The lowest BCUT2D eigenvalue weighted by Gasteiger charge is -2.39. The van der Waals surface area contributed by atoms with E-state index in [9.17, 15) is 9.90 Å². The van der Waals surface area contributed by atoms with Crippen molar-refractivity contribution in [3.63, 3.8) is 0 Å². The van der Waals surface area contributed by atoms with Gasteiger partial charge < -0.3 is 18.7 Å². The Morgan fingerprint density at radius 2 is 1.83 bits per heavy atom. The third kappa shape index (κ3) is 8.18. The van der Waals surface area contributed by atoms with Crippen LogP contribution >= 0.6 is 0 Å². The van der Waals surface area contributed by atoms with Crippen LogP contribution in [0.15, 0.2) is 57.9 Å². The summed E-state index contributed by atoms with van der Waals surface area (Å²) in [5.41, 5.74) is 1.03. The van der Waals surface area contributed by atoms with Gasteiger partial charge in [-0.15, -0.1) is 0 Å². The summed E-state index contributed by atoms with van der Waals surface area (Å²) in [6.45, 7) is 12.0. The van der Waals surface area contributed by atoms with E-state index >= 15 is 0 Å². The van der Waals surface area contributed by atoms with Crippen molar-refractivity contribution in [1.29, 1.82) is 0 Å². The van der Waals surface area contributed by atoms with Gasteiger partial charge in [-0.1, -0.05) is 51.1 Å². The molecule has 1 N–H and O–H groups in total. The Morgan fingerprint density at radius 1 is 1.13 bits per heavy atom. The van der Waals surface area contributed by atoms with E-state index in [1.807, 2.05) is 30.3 Å². The number of hydrogen-bond acceptors (Lipinski definition) is 5. The first kappa shape index (κ1) is 24.5. The molecule has 0 aliphatic heterocycles. The van der Waals surface area contributed by atoms with Crippen molar-refractivity contribution in [3.8, 4) is 0 Å². The highest BCUT2D eigenvalue weighted by Crippen LogP contribution is 2.38. The Balaban J connectivity index is 1.94. The zero-order valence-corrected chi connectivity index (χ0v) is 19.9. The van der Waals surface area contributed by atoms with Gasteiger partial charge in [-0.25, -0.2) is 0 Å². The SMILES string of the molecule is CC(C)(C)[Si](C)(C)OC(Cc1cc(=O)cco1)C[C@@H](O)CCOCc1ccccc1. The summed E-state index contributed by atoms with van der Waals surface area (Å²) in [4.78, 5) is 11.7. The summed E-state index contributed by atoms with van der Waals surface area (Å²) in [6, 6.07) is 12.9. The van der Waals surface area contributed by atoms with Crippen molar-refractivity contribution in [2.45, 2.75) is 77.0 Å². The molecule has 1 aromatic heterocycles. The van der Waals surface area contributed by atoms with Crippen LogP contribution in [0.3, 0.4) is 0 Å². The van der Waals surface area contributed by atoms with Crippen LogP contribution in [-0.4, -0.2) is 32.2 Å². The lowest BCUT2D eigenvalue weighted by atomic mass is 10.1. The highest BCUT2D eigenvalue weighted by Gasteiger charge is 2.39. The molecule has 0 amide bonds. The van der Waals surface area contributed by atoms with Gasteiger partial charge in [-0.3, -0.25) is 4.79 Å². The first-order valence-corrected chi connectivity index (χ1v) is 13.5. The van der Waals surface area contributed by atoms with E-state index in [1.165, 1.54) is 18.4 Å². The standard InChI is InChI=1S/C24H36O5Si/c1-24(2,3)30(4,5)29-23(17-22-15-21(26)12-14-28-22)16-20(25)11-13-27-18-19-9-7-6-8-10-19/h6-10,12,14-15,20,23,25H,11,13,16-18H2,1-5H3/t20-,23?/m0/s1. The van der Waals surface area contributed by atoms with Crippen LogP contribution in [0.2, 0.25) is 18.1 Å². The Bertz CT molecular complexity index is 810. The van der Waals surface area contributed by atoms with Crippen LogP contribution in [0.25, 0.3) is 0 Å². The predicted octanol–water partition coefficient (Wildman–Crippen LogP) is 4.93. The van der Waals surface area contributed by atoms with E-state index in [1.54, 1.807) is 0 Å². The molecule has 0 bridgehead atoms. The van der Waals surface area contributed by atoms with E-state index in [0.717, 1.165) is 5.56 Å². The largest absolute Gasteiger partial charge is 0.469 e. The molecule has 0 aliphatic rings. The average Bonchev–Trinajstić information content (AvgIpc) is 2.65. The fraction of sp³-hybridized carbons (Fsp3) is 0.542. The molecule has 0 radical (unpaired) electrons. The van der Waals surface area contributed by atoms with Crippen LogP contribution in [-0.2, 0) is 22.2 Å². The van der Waals surface area contributed by atoms with Crippen molar-refractivity contribution in [2.75, 3.05) is 6.61 Å². The molecule has 5 nitrogen and oxygen atoms in total. The van der Waals surface area contributed by atoms with Crippen LogP contribution in [0.4, 0.5) is 0 Å². The maximum Gasteiger partial charge on any atom is 0.192 e. The normalized spacial score (nSPS) is 14.5. The predicted molar refractivity (Wildman–Crippen MR) is 122 cm³/mol. The number of aliphatic hydroxyl groups is 1. The van der Waals surface area contributed by atoms with E-state index in [0.29, 0.717) is 38.2 Å². The zero-order chi connectivity index (χ0) is 22.2.